The van der Waals surface area contributed by atoms with Gasteiger partial charge in [-0.1, -0.05) is 60.1 Å². The van der Waals surface area contributed by atoms with E-state index in [1.165, 1.54) is 17.7 Å². The largest absolute Gasteiger partial charge is 0.339 e. The highest BCUT2D eigenvalue weighted by Crippen LogP contribution is 2.29. The molecule has 4 rings (SSSR count). The van der Waals surface area contributed by atoms with Gasteiger partial charge in [0.05, 0.1) is 15.6 Å². The van der Waals surface area contributed by atoms with Gasteiger partial charge in [0, 0.05) is 18.7 Å². The van der Waals surface area contributed by atoms with Crippen molar-refractivity contribution in [2.75, 3.05) is 17.8 Å². The summed E-state index contributed by atoms with van der Waals surface area (Å²) < 4.78 is 28.1. The fraction of sp³-hybridized carbons (Fsp3) is 0.208. The summed E-state index contributed by atoms with van der Waals surface area (Å²) in [6.07, 6.45) is 1.78. The first-order valence-electron chi connectivity index (χ1n) is 10.2. The van der Waals surface area contributed by atoms with Gasteiger partial charge in [-0.2, -0.15) is 0 Å². The van der Waals surface area contributed by atoms with Crippen LogP contribution >= 0.6 is 11.6 Å². The van der Waals surface area contributed by atoms with Gasteiger partial charge in [0.15, 0.2) is 0 Å². The van der Waals surface area contributed by atoms with E-state index in [-0.39, 0.29) is 10.8 Å². The number of piperidine rings is 1. The van der Waals surface area contributed by atoms with Gasteiger partial charge in [-0.25, -0.2) is 8.42 Å². The maximum atomic E-state index is 13.0. The molecule has 0 radical (unpaired) electrons. The van der Waals surface area contributed by atoms with E-state index >= 15 is 0 Å². The molecule has 0 aliphatic carbocycles. The number of hydrogen-bond acceptors (Lipinski definition) is 3. The van der Waals surface area contributed by atoms with Crippen molar-refractivity contribution in [1.29, 1.82) is 0 Å². The maximum absolute atomic E-state index is 13.0. The molecule has 0 atom stereocenters. The topological polar surface area (TPSA) is 66.5 Å². The van der Waals surface area contributed by atoms with Gasteiger partial charge in [0.2, 0.25) is 0 Å². The first kappa shape index (κ1) is 21.4. The lowest BCUT2D eigenvalue weighted by Gasteiger charge is -2.32. The van der Waals surface area contributed by atoms with Crippen LogP contribution in [0.5, 0.6) is 0 Å². The van der Waals surface area contributed by atoms with Crippen molar-refractivity contribution in [1.82, 2.24) is 4.90 Å². The number of hydrogen-bond donors (Lipinski definition) is 1. The molecule has 0 bridgehead atoms. The number of carbonyl (C=O) groups is 1. The number of rotatable bonds is 5. The van der Waals surface area contributed by atoms with E-state index < -0.39 is 10.0 Å². The molecule has 0 spiro atoms. The Morgan fingerprint density at radius 2 is 1.58 bits per heavy atom. The zero-order valence-corrected chi connectivity index (χ0v) is 18.4. The molecular formula is C24H23ClN2O3S. The van der Waals surface area contributed by atoms with E-state index in [1.54, 1.807) is 41.3 Å². The van der Waals surface area contributed by atoms with Crippen LogP contribution in [0.2, 0.25) is 5.02 Å². The predicted octanol–water partition coefficient (Wildman–Crippen LogP) is 5.16. The molecule has 1 amide bonds. The fourth-order valence-electron chi connectivity index (χ4n) is 3.87. The third-order valence-corrected chi connectivity index (χ3v) is 7.26. The van der Waals surface area contributed by atoms with Gasteiger partial charge in [-0.3, -0.25) is 9.52 Å². The lowest BCUT2D eigenvalue weighted by atomic mass is 9.89. The summed E-state index contributed by atoms with van der Waals surface area (Å²) >= 11 is 6.07. The number of halogens is 1. The maximum Gasteiger partial charge on any atom is 0.261 e. The first-order chi connectivity index (χ1) is 14.9. The van der Waals surface area contributed by atoms with Crippen LogP contribution in [0.4, 0.5) is 5.69 Å². The zero-order chi connectivity index (χ0) is 21.8. The summed E-state index contributed by atoms with van der Waals surface area (Å²) in [5.74, 6) is 0.290. The summed E-state index contributed by atoms with van der Waals surface area (Å²) in [5, 5.41) is 0.305. The molecule has 3 aromatic rings. The van der Waals surface area contributed by atoms with E-state index in [4.69, 9.17) is 11.6 Å². The van der Waals surface area contributed by atoms with Gasteiger partial charge in [0.1, 0.15) is 0 Å². The van der Waals surface area contributed by atoms with Crippen molar-refractivity contribution in [3.8, 4) is 0 Å². The van der Waals surface area contributed by atoms with Gasteiger partial charge in [0.25, 0.3) is 15.9 Å². The number of likely N-dealkylation sites (tertiary alicyclic amines) is 1. The molecule has 0 unspecified atom stereocenters. The molecule has 160 valence electrons. The van der Waals surface area contributed by atoms with E-state index in [0.29, 0.717) is 35.3 Å². The van der Waals surface area contributed by atoms with E-state index in [2.05, 4.69) is 16.9 Å². The fourth-order valence-corrected chi connectivity index (χ4v) is 5.23. The molecule has 3 aromatic carbocycles. The normalized spacial score (nSPS) is 14.9. The monoisotopic (exact) mass is 454 g/mol. The van der Waals surface area contributed by atoms with Crippen molar-refractivity contribution in [2.45, 2.75) is 23.7 Å². The average molecular weight is 455 g/mol. The van der Waals surface area contributed by atoms with Crippen LogP contribution < -0.4 is 4.72 Å². The van der Waals surface area contributed by atoms with E-state index in [1.807, 2.05) is 18.2 Å². The van der Waals surface area contributed by atoms with Crippen molar-refractivity contribution in [3.05, 3.63) is 95.0 Å². The number of para-hydroxylation sites is 1. The van der Waals surface area contributed by atoms with E-state index in [9.17, 15) is 13.2 Å². The standard InChI is InChI=1S/C24H23ClN2O3S/c25-22-11-4-5-12-23(22)26-31(29,30)21-10-6-9-20(17-21)24(28)27-15-13-19(14-16-27)18-7-2-1-3-8-18/h1-12,17,19,26H,13-16H2. The Morgan fingerprint density at radius 1 is 0.903 bits per heavy atom. The predicted molar refractivity (Wildman–Crippen MR) is 123 cm³/mol. The number of anilines is 1. The first-order valence-corrected chi connectivity index (χ1v) is 12.0. The molecule has 1 aliphatic rings. The van der Waals surface area contributed by atoms with Gasteiger partial charge < -0.3 is 4.90 Å². The second kappa shape index (κ2) is 9.12. The van der Waals surface area contributed by atoms with E-state index in [0.717, 1.165) is 12.8 Å². The summed E-state index contributed by atoms with van der Waals surface area (Å²) in [6.45, 7) is 1.29. The van der Waals surface area contributed by atoms with Crippen LogP contribution in [0.15, 0.2) is 83.8 Å². The van der Waals surface area contributed by atoms with Gasteiger partial charge in [-0.15, -0.1) is 0 Å². The molecule has 5 nitrogen and oxygen atoms in total. The highest BCUT2D eigenvalue weighted by atomic mass is 35.5. The minimum absolute atomic E-state index is 0.0254. The number of benzene rings is 3. The van der Waals surface area contributed by atoms with Crippen LogP contribution in [0.25, 0.3) is 0 Å². The smallest absolute Gasteiger partial charge is 0.261 e. The molecule has 7 heteroatoms. The summed E-state index contributed by atoms with van der Waals surface area (Å²) in [7, 11) is -3.87. The molecular weight excluding hydrogens is 432 g/mol. The molecule has 1 heterocycles. The third-order valence-electron chi connectivity index (χ3n) is 5.56. The van der Waals surface area contributed by atoms with Crippen LogP contribution in [0.1, 0.15) is 34.7 Å². The molecule has 0 saturated carbocycles. The van der Waals surface area contributed by atoms with Gasteiger partial charge in [-0.05, 0) is 54.7 Å². The van der Waals surface area contributed by atoms with Crippen LogP contribution in [0.3, 0.4) is 0 Å². The molecule has 1 fully saturated rings. The van der Waals surface area contributed by atoms with Crippen LogP contribution in [-0.4, -0.2) is 32.3 Å². The number of amides is 1. The highest BCUT2D eigenvalue weighted by molar-refractivity contribution is 7.92. The second-order valence-electron chi connectivity index (χ2n) is 7.59. The molecule has 0 aromatic heterocycles. The quantitative estimate of drug-likeness (QED) is 0.579. The number of sulfonamides is 1. The molecule has 31 heavy (non-hydrogen) atoms. The van der Waals surface area contributed by atoms with Gasteiger partial charge >= 0.3 is 0 Å². The van der Waals surface area contributed by atoms with Crippen molar-refractivity contribution in [2.24, 2.45) is 0 Å². The Kier molecular flexibility index (Phi) is 6.30. The van der Waals surface area contributed by atoms with Crippen LogP contribution in [-0.2, 0) is 10.0 Å². The lowest BCUT2D eigenvalue weighted by molar-refractivity contribution is 0.0712. The molecule has 1 N–H and O–H groups in total. The van der Waals surface area contributed by atoms with Crippen LogP contribution in [0, 0.1) is 0 Å². The summed E-state index contributed by atoms with van der Waals surface area (Å²) in [5.41, 5.74) is 1.96. The number of carbonyl (C=O) groups excluding carboxylic acids is 1. The summed E-state index contributed by atoms with van der Waals surface area (Å²) in [6, 6.07) is 23.1. The molecule has 1 saturated heterocycles. The Morgan fingerprint density at radius 3 is 2.29 bits per heavy atom. The van der Waals surface area contributed by atoms with Crippen molar-refractivity contribution in [3.63, 3.8) is 0 Å². The van der Waals surface area contributed by atoms with Crippen molar-refractivity contribution < 1.29 is 13.2 Å². The Labute approximate surface area is 187 Å². The Hall–Kier alpha value is -2.83. The minimum atomic E-state index is -3.87. The number of nitrogens with one attached hydrogen (secondary N) is 1. The minimum Gasteiger partial charge on any atom is -0.339 e. The number of nitrogens with zero attached hydrogens (tertiary/aromatic N) is 1. The van der Waals surface area contributed by atoms with Crippen molar-refractivity contribution >= 4 is 33.2 Å². The summed E-state index contributed by atoms with van der Waals surface area (Å²) in [4.78, 5) is 14.8. The SMILES string of the molecule is O=C(c1cccc(S(=O)(=O)Nc2ccccc2Cl)c1)N1CCC(c2ccccc2)CC1. The highest BCUT2D eigenvalue weighted by Gasteiger charge is 2.25. The Balaban J connectivity index is 1.47. The average Bonchev–Trinajstić information content (AvgIpc) is 2.81. The second-order valence-corrected chi connectivity index (χ2v) is 9.68. The lowest BCUT2D eigenvalue weighted by Crippen LogP contribution is -2.38. The molecule has 1 aliphatic heterocycles. The third kappa shape index (κ3) is 4.92. The zero-order valence-electron chi connectivity index (χ0n) is 16.9. The Bertz CT molecular complexity index is 1170.